The first-order valence-corrected chi connectivity index (χ1v) is 10.4. The van der Waals surface area contributed by atoms with Gasteiger partial charge in [0.1, 0.15) is 5.60 Å². The van der Waals surface area contributed by atoms with Gasteiger partial charge in [0, 0.05) is 12.1 Å². The predicted octanol–water partition coefficient (Wildman–Crippen LogP) is 4.64. The zero-order valence-electron chi connectivity index (χ0n) is 17.7. The molecule has 1 aliphatic carbocycles. The largest absolute Gasteiger partial charge is 0.443 e. The molecule has 4 amide bonds. The summed E-state index contributed by atoms with van der Waals surface area (Å²) >= 11 is 0. The van der Waals surface area contributed by atoms with Gasteiger partial charge in [-0.3, -0.25) is 10.1 Å². The number of benzene rings is 1. The van der Waals surface area contributed by atoms with E-state index in [1.807, 2.05) is 0 Å². The molecule has 7 heteroatoms. The van der Waals surface area contributed by atoms with Crippen molar-refractivity contribution in [1.82, 2.24) is 15.8 Å². The van der Waals surface area contributed by atoms with E-state index in [9.17, 15) is 14.4 Å². The lowest BCUT2D eigenvalue weighted by Crippen LogP contribution is -2.53. The van der Waals surface area contributed by atoms with Gasteiger partial charge in [-0.05, 0) is 51.7 Å². The summed E-state index contributed by atoms with van der Waals surface area (Å²) in [6.07, 6.45) is 7.27. The number of hydrogen-bond acceptors (Lipinski definition) is 4. The molecular formula is C22H33N3O4. The molecular weight excluding hydrogens is 370 g/mol. The topological polar surface area (TPSA) is 87.7 Å². The highest BCUT2D eigenvalue weighted by Crippen LogP contribution is 2.27. The van der Waals surface area contributed by atoms with Crippen molar-refractivity contribution in [2.75, 3.05) is 6.54 Å². The maximum Gasteiger partial charge on any atom is 0.426 e. The molecule has 0 saturated heterocycles. The summed E-state index contributed by atoms with van der Waals surface area (Å²) in [5.74, 6) is 0.153. The summed E-state index contributed by atoms with van der Waals surface area (Å²) in [5.41, 5.74) is 2.16. The van der Waals surface area contributed by atoms with E-state index in [1.165, 1.54) is 32.1 Å². The van der Waals surface area contributed by atoms with Gasteiger partial charge in [-0.1, -0.05) is 50.3 Å². The average Bonchev–Trinajstić information content (AvgIpc) is 2.67. The van der Waals surface area contributed by atoms with E-state index in [0.717, 1.165) is 17.9 Å². The number of rotatable bonds is 5. The molecule has 29 heavy (non-hydrogen) atoms. The van der Waals surface area contributed by atoms with Crippen molar-refractivity contribution in [3.05, 3.63) is 35.9 Å². The first-order valence-electron chi connectivity index (χ1n) is 10.4. The third-order valence-electron chi connectivity index (χ3n) is 4.85. The monoisotopic (exact) mass is 403 g/mol. The Hall–Kier alpha value is -2.57. The first kappa shape index (κ1) is 22.7. The lowest BCUT2D eigenvalue weighted by atomic mass is 9.86. The number of amides is 4. The third kappa shape index (κ3) is 8.54. The van der Waals surface area contributed by atoms with Gasteiger partial charge in [-0.15, -0.1) is 0 Å². The standard InChI is InChI=1S/C22H33N3O4/c1-22(2,3)29-21(28)24-25(16-10-13-17-11-6-4-7-12-17)20(27)23-19(26)18-14-8-5-9-15-18/h5,8-9,14-15,17H,4,6-7,10-13,16H2,1-3H3,(H,24,28)(H,23,26,27). The molecule has 0 aromatic heterocycles. The van der Waals surface area contributed by atoms with E-state index < -0.39 is 23.6 Å². The minimum atomic E-state index is -0.725. The second-order valence-electron chi connectivity index (χ2n) is 8.54. The van der Waals surface area contributed by atoms with Crippen molar-refractivity contribution >= 4 is 18.0 Å². The van der Waals surface area contributed by atoms with E-state index in [1.54, 1.807) is 51.1 Å². The summed E-state index contributed by atoms with van der Waals surface area (Å²) in [7, 11) is 0. The zero-order valence-corrected chi connectivity index (χ0v) is 17.7. The fourth-order valence-electron chi connectivity index (χ4n) is 3.46. The van der Waals surface area contributed by atoms with Gasteiger partial charge in [-0.25, -0.2) is 20.0 Å². The quantitative estimate of drug-likeness (QED) is 0.701. The van der Waals surface area contributed by atoms with Crippen LogP contribution in [0, 0.1) is 5.92 Å². The molecule has 1 aliphatic rings. The number of carbonyl (C=O) groups excluding carboxylic acids is 3. The van der Waals surface area contributed by atoms with Gasteiger partial charge >= 0.3 is 12.1 Å². The van der Waals surface area contributed by atoms with Gasteiger partial charge in [0.2, 0.25) is 0 Å². The van der Waals surface area contributed by atoms with Crippen LogP contribution in [0.2, 0.25) is 0 Å². The van der Waals surface area contributed by atoms with Crippen molar-refractivity contribution < 1.29 is 19.1 Å². The van der Waals surface area contributed by atoms with Crippen molar-refractivity contribution in [2.45, 2.75) is 71.3 Å². The molecule has 0 aliphatic heterocycles. The molecule has 0 atom stereocenters. The Morgan fingerprint density at radius 2 is 1.72 bits per heavy atom. The van der Waals surface area contributed by atoms with Crippen molar-refractivity contribution in [1.29, 1.82) is 0 Å². The Balaban J connectivity index is 1.94. The predicted molar refractivity (Wildman–Crippen MR) is 111 cm³/mol. The Morgan fingerprint density at radius 1 is 1.07 bits per heavy atom. The number of carbonyl (C=O) groups is 3. The third-order valence-corrected chi connectivity index (χ3v) is 4.85. The molecule has 0 heterocycles. The molecule has 1 aromatic rings. The maximum atomic E-state index is 12.6. The summed E-state index contributed by atoms with van der Waals surface area (Å²) in [6, 6.07) is 7.81. The van der Waals surface area contributed by atoms with Crippen LogP contribution in [0.25, 0.3) is 0 Å². The van der Waals surface area contributed by atoms with Gasteiger partial charge in [0.05, 0.1) is 0 Å². The van der Waals surface area contributed by atoms with Crippen molar-refractivity contribution in [3.63, 3.8) is 0 Å². The minimum Gasteiger partial charge on any atom is -0.443 e. The van der Waals surface area contributed by atoms with Crippen LogP contribution in [-0.2, 0) is 4.74 Å². The van der Waals surface area contributed by atoms with Crippen LogP contribution < -0.4 is 10.7 Å². The highest BCUT2D eigenvalue weighted by Gasteiger charge is 2.23. The van der Waals surface area contributed by atoms with E-state index in [2.05, 4.69) is 10.7 Å². The molecule has 1 aromatic carbocycles. The Labute approximate surface area is 173 Å². The number of imide groups is 1. The molecule has 0 spiro atoms. The fourth-order valence-corrected chi connectivity index (χ4v) is 3.46. The Morgan fingerprint density at radius 3 is 2.34 bits per heavy atom. The molecule has 0 unspecified atom stereocenters. The summed E-state index contributed by atoms with van der Waals surface area (Å²) in [5, 5.41) is 3.47. The van der Waals surface area contributed by atoms with Crippen LogP contribution in [0.3, 0.4) is 0 Å². The number of hydrazine groups is 1. The van der Waals surface area contributed by atoms with E-state index in [4.69, 9.17) is 4.74 Å². The fraction of sp³-hybridized carbons (Fsp3) is 0.591. The number of nitrogens with one attached hydrogen (secondary N) is 2. The number of urea groups is 1. The molecule has 2 rings (SSSR count). The Kier molecular flexibility index (Phi) is 8.49. The lowest BCUT2D eigenvalue weighted by molar-refractivity contribution is 0.0371. The lowest BCUT2D eigenvalue weighted by Gasteiger charge is -2.27. The summed E-state index contributed by atoms with van der Waals surface area (Å²) < 4.78 is 5.25. The van der Waals surface area contributed by atoms with Gasteiger partial charge in [0.25, 0.3) is 5.91 Å². The average molecular weight is 404 g/mol. The van der Waals surface area contributed by atoms with Gasteiger partial charge < -0.3 is 4.74 Å². The van der Waals surface area contributed by atoms with Crippen LogP contribution in [0.5, 0.6) is 0 Å². The second-order valence-corrected chi connectivity index (χ2v) is 8.54. The van der Waals surface area contributed by atoms with Crippen LogP contribution in [0.15, 0.2) is 30.3 Å². The number of nitrogens with zero attached hydrogens (tertiary/aromatic N) is 1. The first-order chi connectivity index (χ1) is 13.7. The maximum absolute atomic E-state index is 12.6. The van der Waals surface area contributed by atoms with Crippen LogP contribution in [0.4, 0.5) is 9.59 Å². The summed E-state index contributed by atoms with van der Waals surface area (Å²) in [6.45, 7) is 5.56. The van der Waals surface area contributed by atoms with Gasteiger partial charge in [-0.2, -0.15) is 0 Å². The second kappa shape index (κ2) is 10.8. The van der Waals surface area contributed by atoms with Crippen LogP contribution >= 0.6 is 0 Å². The molecule has 7 nitrogen and oxygen atoms in total. The highest BCUT2D eigenvalue weighted by atomic mass is 16.6. The number of ether oxygens (including phenoxy) is 1. The number of hydrogen-bond donors (Lipinski definition) is 2. The smallest absolute Gasteiger partial charge is 0.426 e. The minimum absolute atomic E-state index is 0.309. The Bertz CT molecular complexity index is 679. The van der Waals surface area contributed by atoms with Crippen molar-refractivity contribution in [3.8, 4) is 0 Å². The molecule has 1 saturated carbocycles. The molecule has 0 radical (unpaired) electrons. The summed E-state index contributed by atoms with van der Waals surface area (Å²) in [4.78, 5) is 37.1. The SMILES string of the molecule is CC(C)(C)OC(=O)NN(CCCC1CCCCC1)C(=O)NC(=O)c1ccccc1. The van der Waals surface area contributed by atoms with Crippen LogP contribution in [0.1, 0.15) is 76.1 Å². The van der Waals surface area contributed by atoms with Gasteiger partial charge in [0.15, 0.2) is 0 Å². The molecule has 2 N–H and O–H groups in total. The molecule has 0 bridgehead atoms. The zero-order chi connectivity index (χ0) is 21.3. The highest BCUT2D eigenvalue weighted by molar-refractivity contribution is 6.04. The van der Waals surface area contributed by atoms with E-state index >= 15 is 0 Å². The van der Waals surface area contributed by atoms with Crippen LogP contribution in [-0.4, -0.2) is 35.2 Å². The van der Waals surface area contributed by atoms with E-state index in [0.29, 0.717) is 18.0 Å². The van der Waals surface area contributed by atoms with Crippen molar-refractivity contribution in [2.24, 2.45) is 5.92 Å². The molecule has 160 valence electrons. The van der Waals surface area contributed by atoms with E-state index in [-0.39, 0.29) is 0 Å². The normalized spacial score (nSPS) is 14.7. The molecule has 1 fully saturated rings.